The summed E-state index contributed by atoms with van der Waals surface area (Å²) in [5.41, 5.74) is 0.212. The Morgan fingerprint density at radius 1 is 1.30 bits per heavy atom. The zero-order valence-corrected chi connectivity index (χ0v) is 12.0. The smallest absolute Gasteiger partial charge is 0.238 e. The number of carbonyl (C=O) groups excluding carboxylic acids is 1. The second kappa shape index (κ2) is 7.17. The second-order valence-electron chi connectivity index (χ2n) is 4.39. The summed E-state index contributed by atoms with van der Waals surface area (Å²) >= 11 is 1.66. The lowest BCUT2D eigenvalue weighted by atomic mass is 10.2. The van der Waals surface area contributed by atoms with Crippen LogP contribution in [0.2, 0.25) is 0 Å². The first-order valence-electron chi connectivity index (χ1n) is 6.52. The third-order valence-electron chi connectivity index (χ3n) is 2.95. The maximum atomic E-state index is 13.4. The molecule has 0 saturated carbocycles. The average Bonchev–Trinajstić information content (AvgIpc) is 2.96. The minimum absolute atomic E-state index is 0.154. The van der Waals surface area contributed by atoms with Crippen molar-refractivity contribution in [2.45, 2.75) is 19.4 Å². The van der Waals surface area contributed by atoms with Crippen LogP contribution in [0.5, 0.6) is 0 Å². The molecule has 1 atom stereocenters. The number of hydrogen-bond donors (Lipinski definition) is 2. The van der Waals surface area contributed by atoms with E-state index in [9.17, 15) is 9.18 Å². The Morgan fingerprint density at radius 2 is 2.10 bits per heavy atom. The van der Waals surface area contributed by atoms with E-state index in [0.29, 0.717) is 0 Å². The molecule has 106 valence electrons. The fourth-order valence-electron chi connectivity index (χ4n) is 1.91. The van der Waals surface area contributed by atoms with Gasteiger partial charge in [-0.3, -0.25) is 4.79 Å². The van der Waals surface area contributed by atoms with E-state index in [0.717, 1.165) is 6.42 Å². The van der Waals surface area contributed by atoms with Gasteiger partial charge in [0.15, 0.2) is 0 Å². The maximum absolute atomic E-state index is 13.4. The Morgan fingerprint density at radius 3 is 2.75 bits per heavy atom. The van der Waals surface area contributed by atoms with E-state index in [2.05, 4.69) is 17.6 Å². The number of para-hydroxylation sites is 1. The molecular weight excluding hydrogens is 275 g/mol. The summed E-state index contributed by atoms with van der Waals surface area (Å²) in [7, 11) is 0. The van der Waals surface area contributed by atoms with Gasteiger partial charge in [-0.1, -0.05) is 25.1 Å². The van der Waals surface area contributed by atoms with Gasteiger partial charge in [0.2, 0.25) is 5.91 Å². The molecule has 2 rings (SSSR count). The van der Waals surface area contributed by atoms with Gasteiger partial charge in [0.25, 0.3) is 0 Å². The molecule has 0 spiro atoms. The van der Waals surface area contributed by atoms with Crippen molar-refractivity contribution in [3.63, 3.8) is 0 Å². The molecule has 1 heterocycles. The predicted molar refractivity (Wildman–Crippen MR) is 80.4 cm³/mol. The molecular formula is C15H17FN2OS. The summed E-state index contributed by atoms with van der Waals surface area (Å²) in [4.78, 5) is 13.0. The van der Waals surface area contributed by atoms with Crippen molar-refractivity contribution in [2.24, 2.45) is 0 Å². The molecule has 5 heteroatoms. The zero-order valence-electron chi connectivity index (χ0n) is 11.2. The van der Waals surface area contributed by atoms with E-state index in [1.54, 1.807) is 29.5 Å². The van der Waals surface area contributed by atoms with Crippen molar-refractivity contribution in [3.05, 3.63) is 52.5 Å². The van der Waals surface area contributed by atoms with Crippen LogP contribution in [-0.2, 0) is 4.79 Å². The maximum Gasteiger partial charge on any atom is 0.238 e. The Balaban J connectivity index is 1.87. The van der Waals surface area contributed by atoms with E-state index in [1.807, 2.05) is 17.5 Å². The number of benzene rings is 1. The molecule has 2 N–H and O–H groups in total. The fraction of sp³-hybridized carbons (Fsp3) is 0.267. The lowest BCUT2D eigenvalue weighted by Crippen LogP contribution is -2.31. The summed E-state index contributed by atoms with van der Waals surface area (Å²) in [5, 5.41) is 7.76. The SMILES string of the molecule is CCC(NCC(=O)Nc1ccccc1F)c1cccs1. The number of thiophene rings is 1. The van der Waals surface area contributed by atoms with E-state index in [4.69, 9.17) is 0 Å². The number of hydrogen-bond acceptors (Lipinski definition) is 3. The van der Waals surface area contributed by atoms with Crippen molar-refractivity contribution in [3.8, 4) is 0 Å². The first kappa shape index (κ1) is 14.7. The van der Waals surface area contributed by atoms with Crippen LogP contribution in [0.3, 0.4) is 0 Å². The minimum atomic E-state index is -0.425. The molecule has 0 bridgehead atoms. The molecule has 1 unspecified atom stereocenters. The number of amides is 1. The average molecular weight is 292 g/mol. The molecule has 0 aliphatic carbocycles. The van der Waals surface area contributed by atoms with Crippen molar-refractivity contribution in [1.29, 1.82) is 0 Å². The molecule has 1 aromatic heterocycles. The van der Waals surface area contributed by atoms with Crippen LogP contribution in [0, 0.1) is 5.82 Å². The lowest BCUT2D eigenvalue weighted by Gasteiger charge is -2.15. The Kier molecular flexibility index (Phi) is 5.26. The van der Waals surface area contributed by atoms with Gasteiger partial charge >= 0.3 is 0 Å². The highest BCUT2D eigenvalue weighted by molar-refractivity contribution is 7.10. The molecule has 20 heavy (non-hydrogen) atoms. The molecule has 0 radical (unpaired) electrons. The highest BCUT2D eigenvalue weighted by Gasteiger charge is 2.12. The third-order valence-corrected chi connectivity index (χ3v) is 3.94. The van der Waals surface area contributed by atoms with Gasteiger partial charge in [0, 0.05) is 10.9 Å². The summed E-state index contributed by atoms with van der Waals surface area (Å²) in [6, 6.07) is 10.3. The predicted octanol–water partition coefficient (Wildman–Crippen LogP) is 3.57. The molecule has 2 aromatic rings. The molecule has 0 aliphatic rings. The minimum Gasteiger partial charge on any atom is -0.322 e. The van der Waals surface area contributed by atoms with Crippen molar-refractivity contribution < 1.29 is 9.18 Å². The third kappa shape index (κ3) is 3.88. The van der Waals surface area contributed by atoms with Crippen molar-refractivity contribution in [2.75, 3.05) is 11.9 Å². The largest absolute Gasteiger partial charge is 0.322 e. The zero-order chi connectivity index (χ0) is 14.4. The normalized spacial score (nSPS) is 12.1. The standard InChI is InChI=1S/C15H17FN2OS/c1-2-12(14-8-5-9-20-14)17-10-15(19)18-13-7-4-3-6-11(13)16/h3-9,12,17H,2,10H2,1H3,(H,18,19). The summed E-state index contributed by atoms with van der Waals surface area (Å²) in [6.45, 7) is 2.22. The van der Waals surface area contributed by atoms with Gasteiger partial charge in [-0.2, -0.15) is 0 Å². The summed E-state index contributed by atoms with van der Waals surface area (Å²) in [5.74, 6) is -0.670. The Labute approximate surface area is 121 Å². The summed E-state index contributed by atoms with van der Waals surface area (Å²) in [6.07, 6.45) is 0.896. The van der Waals surface area contributed by atoms with Crippen LogP contribution in [-0.4, -0.2) is 12.5 Å². The van der Waals surface area contributed by atoms with Crippen LogP contribution in [0.4, 0.5) is 10.1 Å². The lowest BCUT2D eigenvalue weighted by molar-refractivity contribution is -0.115. The Bertz CT molecular complexity index is 557. The summed E-state index contributed by atoms with van der Waals surface area (Å²) < 4.78 is 13.4. The van der Waals surface area contributed by atoms with E-state index in [-0.39, 0.29) is 24.2 Å². The first-order valence-corrected chi connectivity index (χ1v) is 7.40. The highest BCUT2D eigenvalue weighted by atomic mass is 32.1. The van der Waals surface area contributed by atoms with E-state index in [1.165, 1.54) is 10.9 Å². The number of nitrogens with one attached hydrogen (secondary N) is 2. The molecule has 0 aliphatic heterocycles. The van der Waals surface area contributed by atoms with Crippen LogP contribution < -0.4 is 10.6 Å². The van der Waals surface area contributed by atoms with Crippen molar-refractivity contribution in [1.82, 2.24) is 5.32 Å². The van der Waals surface area contributed by atoms with Gasteiger partial charge in [0.1, 0.15) is 5.82 Å². The quantitative estimate of drug-likeness (QED) is 0.854. The molecule has 0 fully saturated rings. The fourth-order valence-corrected chi connectivity index (χ4v) is 2.79. The molecule has 1 aromatic carbocycles. The van der Waals surface area contributed by atoms with Gasteiger partial charge < -0.3 is 10.6 Å². The number of rotatable bonds is 6. The van der Waals surface area contributed by atoms with Gasteiger partial charge in [-0.25, -0.2) is 4.39 Å². The van der Waals surface area contributed by atoms with Crippen LogP contribution in [0.15, 0.2) is 41.8 Å². The molecule has 3 nitrogen and oxygen atoms in total. The van der Waals surface area contributed by atoms with Crippen molar-refractivity contribution >= 4 is 22.9 Å². The first-order chi connectivity index (χ1) is 9.70. The van der Waals surface area contributed by atoms with Gasteiger partial charge in [-0.15, -0.1) is 11.3 Å². The van der Waals surface area contributed by atoms with Crippen LogP contribution >= 0.6 is 11.3 Å². The Hall–Kier alpha value is -1.72. The topological polar surface area (TPSA) is 41.1 Å². The van der Waals surface area contributed by atoms with Crippen LogP contribution in [0.25, 0.3) is 0 Å². The number of halogens is 1. The number of carbonyl (C=O) groups is 1. The van der Waals surface area contributed by atoms with Crippen LogP contribution in [0.1, 0.15) is 24.3 Å². The monoisotopic (exact) mass is 292 g/mol. The molecule has 0 saturated heterocycles. The van der Waals surface area contributed by atoms with Gasteiger partial charge in [-0.05, 0) is 30.0 Å². The van der Waals surface area contributed by atoms with E-state index < -0.39 is 5.82 Å². The van der Waals surface area contributed by atoms with E-state index >= 15 is 0 Å². The highest BCUT2D eigenvalue weighted by Crippen LogP contribution is 2.21. The second-order valence-corrected chi connectivity index (χ2v) is 5.36. The number of anilines is 1. The molecule has 1 amide bonds. The van der Waals surface area contributed by atoms with Gasteiger partial charge in [0.05, 0.1) is 12.2 Å².